The number of furan rings is 2. The molecule has 273 valence electrons. The van der Waals surface area contributed by atoms with E-state index in [1.807, 2.05) is 0 Å². The molecule has 4 aromatic heterocycles. The Morgan fingerprint density at radius 1 is 0.741 bits per heavy atom. The Balaban J connectivity index is 0.000000172. The zero-order valence-electron chi connectivity index (χ0n) is 27.2. The van der Waals surface area contributed by atoms with Crippen molar-refractivity contribution in [3.8, 4) is 22.9 Å². The van der Waals surface area contributed by atoms with E-state index in [2.05, 4.69) is 60.6 Å². The van der Waals surface area contributed by atoms with Crippen molar-refractivity contribution in [2.75, 3.05) is 11.5 Å². The first-order valence-electron chi connectivity index (χ1n) is 15.3. The molecule has 2 aliphatic heterocycles. The Labute approximate surface area is 316 Å². The first-order valence-corrected chi connectivity index (χ1v) is 16.5. The number of carbonyl (C=O) groups is 2. The maximum atomic E-state index is 13.9. The number of hydrogen-bond acceptors (Lipinski definition) is 14. The van der Waals surface area contributed by atoms with Gasteiger partial charge < -0.3 is 29.8 Å². The number of cyclic esters (lactones) is 2. The summed E-state index contributed by atoms with van der Waals surface area (Å²) < 4.78 is 78.5. The number of nitrogens with zero attached hydrogens (tertiary/aromatic N) is 5. The zero-order valence-corrected chi connectivity index (χ0v) is 29.7. The van der Waals surface area contributed by atoms with Crippen LogP contribution in [0.3, 0.4) is 0 Å². The second kappa shape index (κ2) is 16.0. The fraction of sp³-hybridized carbons (Fsp3) is 0.118. The minimum absolute atomic E-state index is 0.00109. The summed E-state index contributed by atoms with van der Waals surface area (Å²) in [6.45, 7) is 0. The first-order chi connectivity index (χ1) is 25.9. The number of anilines is 2. The van der Waals surface area contributed by atoms with E-state index in [4.69, 9.17) is 29.8 Å². The van der Waals surface area contributed by atoms with E-state index < -0.39 is 47.4 Å². The van der Waals surface area contributed by atoms with Gasteiger partial charge in [0.2, 0.25) is 11.9 Å². The number of carbonyl (C=O) groups excluding carboxylic acids is 2. The third-order valence-electron chi connectivity index (χ3n) is 7.83. The van der Waals surface area contributed by atoms with E-state index in [0.717, 1.165) is 24.3 Å². The standard InChI is InChI=1S/C17H10BrF2N3O3.C17H11F2N3O3.BHNS/c18-12-4-3-10(25-12)14-13-15(23-17(21)22-14)11(26-16(13)24)5-7-1-2-8(19)6-9(7)20;18-9-4-3-8(10(19)7-9)6-12-15-13(16(23)25-12)14(21-17(20)22-15)11-2-1-5-24-11;1-2-3/h1-4,6,11H,5H2,(H2,21,22,23);1-5,7,12H,6H2,(H2,20,21,22);3H. The molecule has 2 aliphatic rings. The monoisotopic (exact) mass is 822 g/mol. The normalized spacial score (nSPS) is 15.2. The van der Waals surface area contributed by atoms with Crippen molar-refractivity contribution in [2.45, 2.75) is 25.0 Å². The summed E-state index contributed by atoms with van der Waals surface area (Å²) in [5.74, 6) is -3.61. The van der Waals surface area contributed by atoms with Crippen LogP contribution >= 0.6 is 28.7 Å². The molecule has 20 heteroatoms. The number of thiol groups is 1. The van der Waals surface area contributed by atoms with Crippen LogP contribution in [0.5, 0.6) is 0 Å². The number of aromatic nitrogens is 4. The fourth-order valence-electron chi connectivity index (χ4n) is 5.61. The van der Waals surface area contributed by atoms with Crippen molar-refractivity contribution < 1.29 is 45.5 Å². The van der Waals surface area contributed by atoms with Gasteiger partial charge in [-0.15, -0.1) is 0 Å². The van der Waals surface area contributed by atoms with Gasteiger partial charge in [-0.25, -0.2) is 47.1 Å². The summed E-state index contributed by atoms with van der Waals surface area (Å²) in [6.07, 6.45) is -0.283. The molecule has 0 fully saturated rings. The van der Waals surface area contributed by atoms with Crippen molar-refractivity contribution in [2.24, 2.45) is 4.30 Å². The predicted molar refractivity (Wildman–Crippen MR) is 190 cm³/mol. The molecule has 2 atom stereocenters. The number of ether oxygens (including phenoxy) is 2. The van der Waals surface area contributed by atoms with E-state index in [1.54, 1.807) is 24.3 Å². The number of esters is 2. The summed E-state index contributed by atoms with van der Waals surface area (Å²) in [5.41, 5.74) is 13.1. The molecular formula is C34H22BBrF4N7O6S. The van der Waals surface area contributed by atoms with Gasteiger partial charge in [-0.3, -0.25) is 0 Å². The van der Waals surface area contributed by atoms with Crippen LogP contribution < -0.4 is 11.5 Å². The number of fused-ring (bicyclic) bond motifs is 2. The van der Waals surface area contributed by atoms with Crippen molar-refractivity contribution in [1.82, 2.24) is 19.9 Å². The molecule has 0 saturated carbocycles. The number of benzene rings is 2. The molecule has 0 bridgehead atoms. The number of halogens is 5. The Bertz CT molecular complexity index is 2410. The molecule has 1 radical (unpaired) electrons. The summed E-state index contributed by atoms with van der Waals surface area (Å²) in [6, 6.07) is 12.9. The molecule has 6 aromatic rings. The van der Waals surface area contributed by atoms with Crippen LogP contribution in [-0.2, 0) is 22.3 Å². The van der Waals surface area contributed by atoms with Gasteiger partial charge in [0.25, 0.3) is 0 Å². The molecule has 0 spiro atoms. The molecule has 6 heterocycles. The number of nitrogen functional groups attached to an aromatic ring is 2. The van der Waals surface area contributed by atoms with Crippen LogP contribution in [0.25, 0.3) is 22.9 Å². The average Bonchev–Trinajstić information content (AvgIpc) is 3.92. The molecule has 0 amide bonds. The van der Waals surface area contributed by atoms with Gasteiger partial charge in [0.15, 0.2) is 16.2 Å². The average molecular weight is 823 g/mol. The summed E-state index contributed by atoms with van der Waals surface area (Å²) >= 11 is 6.38. The molecule has 2 unspecified atom stereocenters. The number of nitrogens with two attached hydrogens (primary N) is 2. The van der Waals surface area contributed by atoms with Gasteiger partial charge >= 0.3 is 36.7 Å². The minimum atomic E-state index is -0.861. The van der Waals surface area contributed by atoms with Crippen LogP contribution in [0, 0.1) is 23.3 Å². The molecule has 4 N–H and O–H groups in total. The quantitative estimate of drug-likeness (QED) is 0.0672. The second-order valence-electron chi connectivity index (χ2n) is 11.2. The van der Waals surface area contributed by atoms with Crippen LogP contribution in [0.15, 0.2) is 84.7 Å². The molecular weight excluding hydrogens is 801 g/mol. The van der Waals surface area contributed by atoms with Gasteiger partial charge in [0.1, 0.15) is 69.4 Å². The Morgan fingerprint density at radius 2 is 1.22 bits per heavy atom. The van der Waals surface area contributed by atoms with Gasteiger partial charge in [-0.1, -0.05) is 12.1 Å². The Kier molecular flexibility index (Phi) is 11.2. The first kappa shape index (κ1) is 37.9. The maximum absolute atomic E-state index is 13.9. The van der Waals surface area contributed by atoms with Gasteiger partial charge in [0.05, 0.1) is 6.26 Å². The van der Waals surface area contributed by atoms with E-state index in [9.17, 15) is 27.2 Å². The Hall–Kier alpha value is -5.89. The number of rotatable bonds is 6. The van der Waals surface area contributed by atoms with Crippen molar-refractivity contribution >= 4 is 60.2 Å². The van der Waals surface area contributed by atoms with E-state index in [0.29, 0.717) is 16.2 Å². The molecule has 8 rings (SSSR count). The van der Waals surface area contributed by atoms with E-state index in [1.165, 1.54) is 18.4 Å². The van der Waals surface area contributed by atoms with Crippen molar-refractivity contribution in [3.63, 3.8) is 0 Å². The van der Waals surface area contributed by atoms with Gasteiger partial charge in [0, 0.05) is 25.0 Å². The van der Waals surface area contributed by atoms with Crippen molar-refractivity contribution in [1.29, 1.82) is 0 Å². The van der Waals surface area contributed by atoms with E-state index >= 15 is 0 Å². The van der Waals surface area contributed by atoms with Gasteiger partial charge in [-0.05, 0) is 63.5 Å². The molecule has 13 nitrogen and oxygen atoms in total. The number of hydrogen-bond donors (Lipinski definition) is 3. The van der Waals surface area contributed by atoms with Crippen LogP contribution in [-0.4, -0.2) is 39.5 Å². The fourth-order valence-corrected chi connectivity index (χ4v) is 5.92. The Morgan fingerprint density at radius 3 is 1.63 bits per heavy atom. The van der Waals surface area contributed by atoms with Crippen LogP contribution in [0.2, 0.25) is 0 Å². The molecule has 0 aliphatic carbocycles. The van der Waals surface area contributed by atoms with E-state index in [-0.39, 0.29) is 69.8 Å². The summed E-state index contributed by atoms with van der Waals surface area (Å²) in [7, 11) is 4.34. The SMILES string of the molecule is Nc1nc(-c2ccc(Br)o2)c2c(n1)C(Cc1ccc(F)cc1F)OC2=O.Nc1nc(-c2ccco2)c2c(n1)C(Cc1ccc(F)cc1F)OC2=O.[B]=NS. The second-order valence-corrected chi connectivity index (χ2v) is 12.3. The zero-order chi connectivity index (χ0) is 38.7. The topological polar surface area (TPSA) is 195 Å². The van der Waals surface area contributed by atoms with Gasteiger partial charge in [-0.2, -0.15) is 0 Å². The summed E-state index contributed by atoms with van der Waals surface area (Å²) in [5, 5.41) is 0. The predicted octanol–water partition coefficient (Wildman–Crippen LogP) is 7.05. The summed E-state index contributed by atoms with van der Waals surface area (Å²) in [4.78, 5) is 41.0. The molecule has 2 aromatic carbocycles. The molecule has 0 saturated heterocycles. The van der Waals surface area contributed by atoms with Crippen LogP contribution in [0.1, 0.15) is 55.4 Å². The third-order valence-corrected chi connectivity index (χ3v) is 8.25. The van der Waals surface area contributed by atoms with Crippen molar-refractivity contribution in [3.05, 3.63) is 129 Å². The molecule has 54 heavy (non-hydrogen) atoms. The van der Waals surface area contributed by atoms with Crippen LogP contribution in [0.4, 0.5) is 29.5 Å². The third kappa shape index (κ3) is 8.03.